The summed E-state index contributed by atoms with van der Waals surface area (Å²) in [5.74, 6) is 1.24. The highest BCUT2D eigenvalue weighted by Crippen LogP contribution is 2.27. The highest BCUT2D eigenvalue weighted by molar-refractivity contribution is 9.10. The van der Waals surface area contributed by atoms with Crippen molar-refractivity contribution in [1.82, 2.24) is 9.97 Å². The highest BCUT2D eigenvalue weighted by Gasteiger charge is 2.10. The quantitative estimate of drug-likeness (QED) is 0.873. The number of hydrogen-bond donors (Lipinski definition) is 1. The van der Waals surface area contributed by atoms with Gasteiger partial charge in [0.2, 0.25) is 0 Å². The van der Waals surface area contributed by atoms with Gasteiger partial charge in [-0.3, -0.25) is 0 Å². The Hall–Kier alpha value is -1.42. The average molecular weight is 306 g/mol. The zero-order chi connectivity index (χ0) is 13.4. The number of nitrogens with zero attached hydrogens (tertiary/aromatic N) is 2. The largest absolute Gasteiger partial charge is 0.383 e. The van der Waals surface area contributed by atoms with Crippen LogP contribution in [0.3, 0.4) is 0 Å². The van der Waals surface area contributed by atoms with E-state index in [9.17, 15) is 0 Å². The molecule has 94 valence electrons. The van der Waals surface area contributed by atoms with Crippen LogP contribution in [0.2, 0.25) is 0 Å². The number of aromatic nitrogens is 2. The lowest BCUT2D eigenvalue weighted by molar-refractivity contribution is 1.08. The third kappa shape index (κ3) is 2.25. The SMILES string of the molecule is Cc1cc(-c2nc(C)c(C)c(N)n2)cc(C)c1Br. The maximum Gasteiger partial charge on any atom is 0.161 e. The maximum absolute atomic E-state index is 5.90. The minimum atomic E-state index is 0.552. The van der Waals surface area contributed by atoms with E-state index >= 15 is 0 Å². The van der Waals surface area contributed by atoms with Crippen molar-refractivity contribution < 1.29 is 0 Å². The zero-order valence-electron chi connectivity index (χ0n) is 11.0. The smallest absolute Gasteiger partial charge is 0.161 e. The van der Waals surface area contributed by atoms with E-state index in [1.165, 1.54) is 11.1 Å². The van der Waals surface area contributed by atoms with Gasteiger partial charge in [-0.05, 0) is 51.0 Å². The second-order valence-electron chi connectivity index (χ2n) is 4.57. The Labute approximate surface area is 116 Å². The van der Waals surface area contributed by atoms with Gasteiger partial charge in [-0.2, -0.15) is 0 Å². The number of benzene rings is 1. The normalized spacial score (nSPS) is 10.7. The van der Waals surface area contributed by atoms with Crippen molar-refractivity contribution in [1.29, 1.82) is 0 Å². The van der Waals surface area contributed by atoms with Crippen LogP contribution in [0.4, 0.5) is 5.82 Å². The molecule has 2 rings (SSSR count). The number of nitrogens with two attached hydrogens (primary N) is 1. The maximum atomic E-state index is 5.90. The summed E-state index contributed by atoms with van der Waals surface area (Å²) in [5, 5.41) is 0. The third-order valence-electron chi connectivity index (χ3n) is 3.12. The summed E-state index contributed by atoms with van der Waals surface area (Å²) in [6, 6.07) is 4.14. The van der Waals surface area contributed by atoms with Crippen LogP contribution in [0.1, 0.15) is 22.4 Å². The van der Waals surface area contributed by atoms with Gasteiger partial charge < -0.3 is 5.73 Å². The second-order valence-corrected chi connectivity index (χ2v) is 5.36. The van der Waals surface area contributed by atoms with E-state index in [0.29, 0.717) is 11.6 Å². The third-order valence-corrected chi connectivity index (χ3v) is 4.37. The number of hydrogen-bond acceptors (Lipinski definition) is 3. The molecule has 0 aliphatic carbocycles. The van der Waals surface area contributed by atoms with Crippen molar-refractivity contribution in [2.75, 3.05) is 5.73 Å². The van der Waals surface area contributed by atoms with Gasteiger partial charge in [-0.15, -0.1) is 0 Å². The number of aryl methyl sites for hydroxylation is 3. The molecule has 0 bridgehead atoms. The van der Waals surface area contributed by atoms with Crippen molar-refractivity contribution in [2.24, 2.45) is 0 Å². The van der Waals surface area contributed by atoms with Crippen LogP contribution in [0.15, 0.2) is 16.6 Å². The fourth-order valence-electron chi connectivity index (χ4n) is 1.86. The lowest BCUT2D eigenvalue weighted by Crippen LogP contribution is -2.02. The Morgan fingerprint density at radius 1 is 1.00 bits per heavy atom. The molecule has 0 aliphatic heterocycles. The molecular weight excluding hydrogens is 290 g/mol. The molecule has 0 amide bonds. The molecule has 3 nitrogen and oxygen atoms in total. The molecule has 18 heavy (non-hydrogen) atoms. The summed E-state index contributed by atoms with van der Waals surface area (Å²) in [5.41, 5.74) is 11.1. The second kappa shape index (κ2) is 4.69. The van der Waals surface area contributed by atoms with Crippen LogP contribution in [-0.4, -0.2) is 9.97 Å². The van der Waals surface area contributed by atoms with Crippen LogP contribution in [0.5, 0.6) is 0 Å². The van der Waals surface area contributed by atoms with Gasteiger partial charge in [-0.25, -0.2) is 9.97 Å². The number of nitrogen functional groups attached to an aromatic ring is 1. The Morgan fingerprint density at radius 2 is 1.56 bits per heavy atom. The number of anilines is 1. The minimum absolute atomic E-state index is 0.552. The Balaban J connectivity index is 2.63. The van der Waals surface area contributed by atoms with Crippen LogP contribution in [-0.2, 0) is 0 Å². The molecule has 0 saturated carbocycles. The fraction of sp³-hybridized carbons (Fsp3) is 0.286. The Kier molecular flexibility index (Phi) is 3.39. The molecule has 0 unspecified atom stereocenters. The molecule has 0 saturated heterocycles. The van der Waals surface area contributed by atoms with E-state index in [2.05, 4.69) is 51.9 Å². The minimum Gasteiger partial charge on any atom is -0.383 e. The molecule has 0 fully saturated rings. The molecule has 0 radical (unpaired) electrons. The highest BCUT2D eigenvalue weighted by atomic mass is 79.9. The monoisotopic (exact) mass is 305 g/mol. The summed E-state index contributed by atoms with van der Waals surface area (Å²) in [4.78, 5) is 8.88. The van der Waals surface area contributed by atoms with Gasteiger partial charge in [0, 0.05) is 21.3 Å². The standard InChI is InChI=1S/C14H16BrN3/c1-7-5-11(6-8(2)12(7)15)14-17-10(4)9(3)13(16)18-14/h5-6H,1-4H3,(H2,16,17,18). The van der Waals surface area contributed by atoms with Crippen LogP contribution in [0.25, 0.3) is 11.4 Å². The molecule has 1 aromatic carbocycles. The van der Waals surface area contributed by atoms with E-state index in [1.54, 1.807) is 0 Å². The molecule has 0 spiro atoms. The van der Waals surface area contributed by atoms with Crippen molar-refractivity contribution >= 4 is 21.7 Å². The van der Waals surface area contributed by atoms with E-state index in [1.807, 2.05) is 13.8 Å². The predicted molar refractivity (Wildman–Crippen MR) is 78.5 cm³/mol. The average Bonchev–Trinajstić information content (AvgIpc) is 2.31. The summed E-state index contributed by atoms with van der Waals surface area (Å²) < 4.78 is 1.13. The summed E-state index contributed by atoms with van der Waals surface area (Å²) in [7, 11) is 0. The first-order valence-electron chi connectivity index (χ1n) is 5.78. The molecular formula is C14H16BrN3. The molecule has 4 heteroatoms. The first kappa shape index (κ1) is 13.0. The van der Waals surface area contributed by atoms with Crippen LogP contribution in [0, 0.1) is 27.7 Å². The molecule has 1 aromatic heterocycles. The molecule has 1 heterocycles. The number of rotatable bonds is 1. The Morgan fingerprint density at radius 3 is 2.06 bits per heavy atom. The van der Waals surface area contributed by atoms with Gasteiger partial charge in [-0.1, -0.05) is 15.9 Å². The molecule has 0 atom stereocenters. The van der Waals surface area contributed by atoms with E-state index < -0.39 is 0 Å². The lowest BCUT2D eigenvalue weighted by Gasteiger charge is -2.10. The van der Waals surface area contributed by atoms with E-state index in [0.717, 1.165) is 21.3 Å². The van der Waals surface area contributed by atoms with Gasteiger partial charge >= 0.3 is 0 Å². The van der Waals surface area contributed by atoms with E-state index in [-0.39, 0.29) is 0 Å². The molecule has 2 N–H and O–H groups in total. The van der Waals surface area contributed by atoms with E-state index in [4.69, 9.17) is 5.73 Å². The lowest BCUT2D eigenvalue weighted by atomic mass is 10.1. The molecule has 0 aliphatic rings. The topological polar surface area (TPSA) is 51.8 Å². The van der Waals surface area contributed by atoms with Gasteiger partial charge in [0.05, 0.1) is 0 Å². The Bertz CT molecular complexity index is 519. The van der Waals surface area contributed by atoms with Crippen LogP contribution >= 0.6 is 15.9 Å². The fourth-order valence-corrected chi connectivity index (χ4v) is 2.08. The van der Waals surface area contributed by atoms with Crippen molar-refractivity contribution in [3.63, 3.8) is 0 Å². The predicted octanol–water partition coefficient (Wildman–Crippen LogP) is 3.72. The first-order chi connectivity index (χ1) is 8.40. The van der Waals surface area contributed by atoms with Crippen molar-refractivity contribution in [3.8, 4) is 11.4 Å². The van der Waals surface area contributed by atoms with Crippen molar-refractivity contribution in [3.05, 3.63) is 39.0 Å². The summed E-state index contributed by atoms with van der Waals surface area (Å²) in [6.07, 6.45) is 0. The van der Waals surface area contributed by atoms with Gasteiger partial charge in [0.25, 0.3) is 0 Å². The van der Waals surface area contributed by atoms with Crippen LogP contribution < -0.4 is 5.73 Å². The summed E-state index contributed by atoms with van der Waals surface area (Å²) >= 11 is 3.56. The van der Waals surface area contributed by atoms with Gasteiger partial charge in [0.1, 0.15) is 5.82 Å². The summed E-state index contributed by atoms with van der Waals surface area (Å²) in [6.45, 7) is 8.01. The zero-order valence-corrected chi connectivity index (χ0v) is 12.6. The molecule has 2 aromatic rings. The first-order valence-corrected chi connectivity index (χ1v) is 6.57. The van der Waals surface area contributed by atoms with Crippen molar-refractivity contribution in [2.45, 2.75) is 27.7 Å². The van der Waals surface area contributed by atoms with Gasteiger partial charge in [0.15, 0.2) is 5.82 Å². The number of halogens is 1.